The Morgan fingerprint density at radius 1 is 1.12 bits per heavy atom. The van der Waals surface area contributed by atoms with Crippen molar-refractivity contribution in [3.8, 4) is 11.5 Å². The van der Waals surface area contributed by atoms with E-state index in [2.05, 4.69) is 15.3 Å². The molecular weight excluding hydrogens is 466 g/mol. The van der Waals surface area contributed by atoms with Gasteiger partial charge in [0.1, 0.15) is 13.2 Å². The molecule has 0 spiro atoms. The Kier molecular flexibility index (Phi) is 6.70. The number of amides is 1. The molecule has 11 heteroatoms. The fraction of sp³-hybridized carbons (Fsp3) is 0.227. The second-order valence-corrected chi connectivity index (χ2v) is 9.96. The maximum Gasteiger partial charge on any atom is 0.270 e. The van der Waals surface area contributed by atoms with Crippen molar-refractivity contribution in [1.82, 2.24) is 9.97 Å². The number of fused-ring (bicyclic) bond motifs is 1. The van der Waals surface area contributed by atoms with Gasteiger partial charge in [-0.2, -0.15) is 0 Å². The largest absolute Gasteiger partial charge is 0.486 e. The normalized spacial score (nSPS) is 12.9. The van der Waals surface area contributed by atoms with E-state index in [1.54, 1.807) is 30.3 Å². The molecule has 0 atom stereocenters. The van der Waals surface area contributed by atoms with Gasteiger partial charge in [0.05, 0.1) is 16.8 Å². The summed E-state index contributed by atoms with van der Waals surface area (Å²) in [5.41, 5.74) is 0.739. The number of anilines is 1. The fourth-order valence-electron chi connectivity index (χ4n) is 3.12. The zero-order valence-corrected chi connectivity index (χ0v) is 19.3. The van der Waals surface area contributed by atoms with Gasteiger partial charge in [-0.05, 0) is 36.2 Å². The molecule has 1 aromatic heterocycles. The number of aromatic amines is 1. The van der Waals surface area contributed by atoms with Crippen LogP contribution >= 0.6 is 11.8 Å². The zero-order chi connectivity index (χ0) is 23.4. The van der Waals surface area contributed by atoms with Crippen molar-refractivity contribution in [2.75, 3.05) is 24.3 Å². The van der Waals surface area contributed by atoms with Crippen LogP contribution in [0.3, 0.4) is 0 Å². The standard InChI is InChI=1S/C22H21N3O6S2/c1-2-14-3-6-16(7-4-14)33(28,29)19-12-23-22(25-21(19)27)32-13-20(26)24-15-5-8-17-18(11-15)31-10-9-30-17/h3-8,11-12H,2,9-10,13H2,1H3,(H,24,26)(H,23,25,27). The van der Waals surface area contributed by atoms with Gasteiger partial charge >= 0.3 is 0 Å². The number of thioether (sulfide) groups is 1. The van der Waals surface area contributed by atoms with Crippen LogP contribution in [0.5, 0.6) is 11.5 Å². The second kappa shape index (κ2) is 9.67. The maximum absolute atomic E-state index is 12.8. The van der Waals surface area contributed by atoms with Crippen molar-refractivity contribution in [3.05, 3.63) is 64.6 Å². The average molecular weight is 488 g/mol. The maximum atomic E-state index is 12.8. The van der Waals surface area contributed by atoms with E-state index < -0.39 is 20.3 Å². The predicted octanol–water partition coefficient (Wildman–Crippen LogP) is 2.67. The first-order valence-corrected chi connectivity index (χ1v) is 12.6. The highest BCUT2D eigenvalue weighted by Crippen LogP contribution is 2.32. The number of nitrogens with one attached hydrogen (secondary N) is 2. The summed E-state index contributed by atoms with van der Waals surface area (Å²) in [7, 11) is -4.01. The number of benzene rings is 2. The van der Waals surface area contributed by atoms with Gasteiger partial charge in [0.2, 0.25) is 15.7 Å². The summed E-state index contributed by atoms with van der Waals surface area (Å²) in [6.45, 7) is 2.88. The predicted molar refractivity (Wildman–Crippen MR) is 123 cm³/mol. The molecule has 0 bridgehead atoms. The molecule has 4 rings (SSSR count). The lowest BCUT2D eigenvalue weighted by molar-refractivity contribution is -0.113. The number of rotatable bonds is 7. The first-order valence-electron chi connectivity index (χ1n) is 10.1. The smallest absolute Gasteiger partial charge is 0.270 e. The van der Waals surface area contributed by atoms with Crippen LogP contribution < -0.4 is 20.3 Å². The number of sulfone groups is 1. The minimum absolute atomic E-state index is 0.0196. The van der Waals surface area contributed by atoms with Crippen LogP contribution in [0.4, 0.5) is 5.69 Å². The van der Waals surface area contributed by atoms with E-state index in [1.807, 2.05) is 6.92 Å². The van der Waals surface area contributed by atoms with Gasteiger partial charge in [-0.3, -0.25) is 9.59 Å². The number of aromatic nitrogens is 2. The molecule has 1 aliphatic heterocycles. The second-order valence-electron chi connectivity index (χ2n) is 7.08. The summed E-state index contributed by atoms with van der Waals surface area (Å²) in [5.74, 6) is 0.805. The third-order valence-corrected chi connectivity index (χ3v) is 7.49. The molecule has 1 aliphatic rings. The van der Waals surface area contributed by atoms with Crippen LogP contribution in [0.2, 0.25) is 0 Å². The topological polar surface area (TPSA) is 127 Å². The molecule has 2 N–H and O–H groups in total. The molecule has 2 heterocycles. The number of nitrogens with zero attached hydrogens (tertiary/aromatic N) is 1. The van der Waals surface area contributed by atoms with Gasteiger partial charge in [0.15, 0.2) is 21.6 Å². The summed E-state index contributed by atoms with van der Waals surface area (Å²) in [4.78, 5) is 30.7. The number of carbonyl (C=O) groups is 1. The molecule has 1 amide bonds. The minimum atomic E-state index is -4.01. The Bertz CT molecular complexity index is 1340. The number of ether oxygens (including phenoxy) is 2. The van der Waals surface area contributed by atoms with Gasteiger partial charge in [0.25, 0.3) is 5.56 Å². The molecule has 0 radical (unpaired) electrons. The van der Waals surface area contributed by atoms with Crippen LogP contribution in [0.25, 0.3) is 0 Å². The van der Waals surface area contributed by atoms with Gasteiger partial charge in [-0.25, -0.2) is 13.4 Å². The van der Waals surface area contributed by atoms with Gasteiger partial charge < -0.3 is 19.8 Å². The Morgan fingerprint density at radius 2 is 1.85 bits per heavy atom. The Labute approximate surface area is 194 Å². The Hall–Kier alpha value is -3.31. The number of hydrogen-bond donors (Lipinski definition) is 2. The fourth-order valence-corrected chi connectivity index (χ4v) is 4.98. The van der Waals surface area contributed by atoms with E-state index in [4.69, 9.17) is 9.47 Å². The molecule has 172 valence electrons. The summed E-state index contributed by atoms with van der Waals surface area (Å²) in [5, 5.41) is 2.87. The van der Waals surface area contributed by atoms with E-state index in [-0.39, 0.29) is 21.7 Å². The molecule has 0 saturated carbocycles. The third-order valence-electron chi connectivity index (χ3n) is 4.84. The Morgan fingerprint density at radius 3 is 2.55 bits per heavy atom. The van der Waals surface area contributed by atoms with Crippen molar-refractivity contribution in [1.29, 1.82) is 0 Å². The van der Waals surface area contributed by atoms with Crippen molar-refractivity contribution in [2.24, 2.45) is 0 Å². The van der Waals surface area contributed by atoms with Crippen LogP contribution in [0.15, 0.2) is 68.4 Å². The molecule has 33 heavy (non-hydrogen) atoms. The number of carbonyl (C=O) groups excluding carboxylic acids is 1. The van der Waals surface area contributed by atoms with Crippen LogP contribution in [-0.2, 0) is 21.1 Å². The lowest BCUT2D eigenvalue weighted by Gasteiger charge is -2.18. The number of hydrogen-bond acceptors (Lipinski definition) is 8. The highest BCUT2D eigenvalue weighted by atomic mass is 32.2. The summed E-state index contributed by atoms with van der Waals surface area (Å²) in [6.07, 6.45) is 1.79. The van der Waals surface area contributed by atoms with Gasteiger partial charge in [-0.15, -0.1) is 0 Å². The van der Waals surface area contributed by atoms with Gasteiger partial charge in [0, 0.05) is 11.8 Å². The first-order chi connectivity index (χ1) is 15.9. The summed E-state index contributed by atoms with van der Waals surface area (Å²) >= 11 is 0.981. The molecule has 0 saturated heterocycles. The molecule has 9 nitrogen and oxygen atoms in total. The van der Waals surface area contributed by atoms with Crippen LogP contribution in [0, 0.1) is 0 Å². The van der Waals surface area contributed by atoms with Crippen molar-refractivity contribution >= 4 is 33.2 Å². The van der Waals surface area contributed by atoms with E-state index in [0.29, 0.717) is 30.4 Å². The highest BCUT2D eigenvalue weighted by Gasteiger charge is 2.22. The van der Waals surface area contributed by atoms with Crippen molar-refractivity contribution < 1.29 is 22.7 Å². The van der Waals surface area contributed by atoms with E-state index in [9.17, 15) is 18.0 Å². The minimum Gasteiger partial charge on any atom is -0.486 e. The quantitative estimate of drug-likeness (QED) is 0.385. The van der Waals surface area contributed by atoms with Gasteiger partial charge in [-0.1, -0.05) is 30.8 Å². The monoisotopic (exact) mass is 487 g/mol. The number of H-pyrrole nitrogens is 1. The van der Waals surface area contributed by atoms with E-state index in [1.165, 1.54) is 12.1 Å². The van der Waals surface area contributed by atoms with Crippen LogP contribution in [-0.4, -0.2) is 43.3 Å². The summed E-state index contributed by atoms with van der Waals surface area (Å²) < 4.78 is 36.5. The molecule has 2 aromatic carbocycles. The van der Waals surface area contributed by atoms with Crippen molar-refractivity contribution in [3.63, 3.8) is 0 Å². The molecule has 0 unspecified atom stereocenters. The highest BCUT2D eigenvalue weighted by molar-refractivity contribution is 7.99. The number of aryl methyl sites for hydroxylation is 1. The first kappa shape index (κ1) is 22.9. The Balaban J connectivity index is 1.41. The summed E-state index contributed by atoms with van der Waals surface area (Å²) in [6, 6.07) is 11.4. The molecule has 0 aliphatic carbocycles. The molecular formula is C22H21N3O6S2. The molecule has 0 fully saturated rings. The van der Waals surface area contributed by atoms with E-state index in [0.717, 1.165) is 29.9 Å². The lowest BCUT2D eigenvalue weighted by atomic mass is 10.2. The SMILES string of the molecule is CCc1ccc(S(=O)(=O)c2cnc(SCC(=O)Nc3ccc4c(c3)OCCO4)[nH]c2=O)cc1. The van der Waals surface area contributed by atoms with Crippen molar-refractivity contribution in [2.45, 2.75) is 28.3 Å². The van der Waals surface area contributed by atoms with E-state index >= 15 is 0 Å². The molecule has 3 aromatic rings. The third kappa shape index (κ3) is 5.20. The average Bonchev–Trinajstić information content (AvgIpc) is 2.82. The lowest BCUT2D eigenvalue weighted by Crippen LogP contribution is -2.20. The van der Waals surface area contributed by atoms with Crippen LogP contribution in [0.1, 0.15) is 12.5 Å². The zero-order valence-electron chi connectivity index (χ0n) is 17.7.